The Bertz CT molecular complexity index is 802. The number of sulfonamides is 1. The molecule has 1 aromatic carbocycles. The third-order valence-electron chi connectivity index (χ3n) is 3.81. The Balaban J connectivity index is 1.92. The summed E-state index contributed by atoms with van der Waals surface area (Å²) in [5.41, 5.74) is 0.943. The molecule has 1 saturated heterocycles. The van der Waals surface area contributed by atoms with Gasteiger partial charge >= 0.3 is 5.97 Å². The van der Waals surface area contributed by atoms with Crippen molar-refractivity contribution in [1.29, 1.82) is 0 Å². The Hall–Kier alpha value is -1.58. The van der Waals surface area contributed by atoms with Gasteiger partial charge in [0.1, 0.15) is 15.9 Å². The van der Waals surface area contributed by atoms with Crippen LogP contribution in [0.2, 0.25) is 0 Å². The fraction of sp³-hybridized carbons (Fsp3) is 0.462. The molecule has 0 bridgehead atoms. The van der Waals surface area contributed by atoms with Gasteiger partial charge in [0.05, 0.1) is 11.7 Å². The van der Waals surface area contributed by atoms with Crippen molar-refractivity contribution in [2.24, 2.45) is 5.92 Å². The lowest BCUT2D eigenvalue weighted by Crippen LogP contribution is -2.40. The second-order valence-electron chi connectivity index (χ2n) is 5.36. The lowest BCUT2D eigenvalue weighted by atomic mass is 9.96. The summed E-state index contributed by atoms with van der Waals surface area (Å²) in [4.78, 5) is 11.0. The SMILES string of the molecule is O=C(O)CC1CCCN(S(=O)(=O)c2cccc3nsnc23)C1. The molecule has 0 radical (unpaired) electrons. The molecule has 2 heterocycles. The van der Waals surface area contributed by atoms with Crippen LogP contribution >= 0.6 is 11.7 Å². The van der Waals surface area contributed by atoms with Crippen LogP contribution in [0.15, 0.2) is 23.1 Å². The monoisotopic (exact) mass is 341 g/mol. The molecule has 1 atom stereocenters. The number of rotatable bonds is 4. The Morgan fingerprint density at radius 3 is 3.00 bits per heavy atom. The first-order chi connectivity index (χ1) is 10.5. The van der Waals surface area contributed by atoms with E-state index in [9.17, 15) is 13.2 Å². The molecular weight excluding hydrogens is 326 g/mol. The number of hydrogen-bond acceptors (Lipinski definition) is 6. The van der Waals surface area contributed by atoms with Crippen molar-refractivity contribution >= 4 is 38.8 Å². The lowest BCUT2D eigenvalue weighted by Gasteiger charge is -2.31. The lowest BCUT2D eigenvalue weighted by molar-refractivity contribution is -0.138. The van der Waals surface area contributed by atoms with Crippen molar-refractivity contribution in [1.82, 2.24) is 13.1 Å². The van der Waals surface area contributed by atoms with E-state index in [0.717, 1.165) is 18.1 Å². The number of aliphatic carboxylic acids is 1. The molecular formula is C13H15N3O4S2. The van der Waals surface area contributed by atoms with Crippen LogP contribution in [0.1, 0.15) is 19.3 Å². The van der Waals surface area contributed by atoms with Gasteiger partial charge in [0, 0.05) is 19.5 Å². The Kier molecular flexibility index (Phi) is 4.11. The highest BCUT2D eigenvalue weighted by Gasteiger charge is 2.32. The molecule has 0 saturated carbocycles. The van der Waals surface area contributed by atoms with E-state index in [0.29, 0.717) is 24.0 Å². The minimum atomic E-state index is -3.68. The predicted octanol–water partition coefficient (Wildman–Crippen LogP) is 1.57. The smallest absolute Gasteiger partial charge is 0.303 e. The highest BCUT2D eigenvalue weighted by atomic mass is 32.2. The standard InChI is InChI=1S/C13H15N3O4S2/c17-12(18)7-9-3-2-6-16(8-9)22(19,20)11-5-1-4-10-13(11)15-21-14-10/h1,4-5,9H,2-3,6-8H2,(H,17,18). The minimum absolute atomic E-state index is 0.00548. The first kappa shape index (κ1) is 15.3. The van der Waals surface area contributed by atoms with Gasteiger partial charge in [-0.2, -0.15) is 13.1 Å². The van der Waals surface area contributed by atoms with Gasteiger partial charge in [-0.1, -0.05) is 6.07 Å². The van der Waals surface area contributed by atoms with Crippen LogP contribution < -0.4 is 0 Å². The fourth-order valence-corrected chi connectivity index (χ4v) is 5.09. The number of piperidine rings is 1. The van der Waals surface area contributed by atoms with Crippen LogP contribution in [0.25, 0.3) is 11.0 Å². The Labute approximate surface area is 132 Å². The maximum absolute atomic E-state index is 12.8. The van der Waals surface area contributed by atoms with Crippen molar-refractivity contribution < 1.29 is 18.3 Å². The van der Waals surface area contributed by atoms with Crippen LogP contribution in [0, 0.1) is 5.92 Å². The van der Waals surface area contributed by atoms with E-state index in [1.165, 1.54) is 10.4 Å². The molecule has 1 unspecified atom stereocenters. The van der Waals surface area contributed by atoms with Crippen molar-refractivity contribution in [3.63, 3.8) is 0 Å². The van der Waals surface area contributed by atoms with E-state index in [-0.39, 0.29) is 23.8 Å². The molecule has 1 aromatic heterocycles. The largest absolute Gasteiger partial charge is 0.481 e. The van der Waals surface area contributed by atoms with Gasteiger partial charge in [-0.05, 0) is 30.9 Å². The van der Waals surface area contributed by atoms with Crippen molar-refractivity contribution in [2.75, 3.05) is 13.1 Å². The van der Waals surface area contributed by atoms with Gasteiger partial charge in [0.25, 0.3) is 0 Å². The zero-order chi connectivity index (χ0) is 15.7. The van der Waals surface area contributed by atoms with E-state index in [1.54, 1.807) is 12.1 Å². The highest BCUT2D eigenvalue weighted by Crippen LogP contribution is 2.28. The second kappa shape index (κ2) is 5.90. The van der Waals surface area contributed by atoms with Gasteiger partial charge < -0.3 is 5.11 Å². The van der Waals surface area contributed by atoms with E-state index in [1.807, 2.05) is 0 Å². The summed E-state index contributed by atoms with van der Waals surface area (Å²) in [5, 5.41) is 8.90. The molecule has 1 N–H and O–H groups in total. The summed E-state index contributed by atoms with van der Waals surface area (Å²) in [7, 11) is -3.68. The predicted molar refractivity (Wildman–Crippen MR) is 81.2 cm³/mol. The molecule has 0 amide bonds. The zero-order valence-electron chi connectivity index (χ0n) is 11.7. The second-order valence-corrected chi connectivity index (χ2v) is 7.79. The minimum Gasteiger partial charge on any atom is -0.481 e. The number of carboxylic acid groups (broad SMARTS) is 1. The molecule has 1 aliphatic rings. The van der Waals surface area contributed by atoms with Crippen molar-refractivity contribution in [2.45, 2.75) is 24.2 Å². The summed E-state index contributed by atoms with van der Waals surface area (Å²) < 4.78 is 35.2. The summed E-state index contributed by atoms with van der Waals surface area (Å²) >= 11 is 0.978. The average molecular weight is 341 g/mol. The number of fused-ring (bicyclic) bond motifs is 1. The highest BCUT2D eigenvalue weighted by molar-refractivity contribution is 7.89. The first-order valence-corrected chi connectivity index (χ1v) is 9.09. The summed E-state index contributed by atoms with van der Waals surface area (Å²) in [6.07, 6.45) is 1.40. The van der Waals surface area contributed by atoms with E-state index >= 15 is 0 Å². The quantitative estimate of drug-likeness (QED) is 0.906. The molecule has 1 aliphatic heterocycles. The maximum Gasteiger partial charge on any atom is 0.303 e. The molecule has 22 heavy (non-hydrogen) atoms. The number of carbonyl (C=O) groups is 1. The molecule has 0 aliphatic carbocycles. The van der Waals surface area contributed by atoms with Gasteiger partial charge in [0.2, 0.25) is 10.0 Å². The third-order valence-corrected chi connectivity index (χ3v) is 6.25. The van der Waals surface area contributed by atoms with Crippen LogP contribution in [0.5, 0.6) is 0 Å². The van der Waals surface area contributed by atoms with E-state index in [2.05, 4.69) is 8.75 Å². The van der Waals surface area contributed by atoms with Gasteiger partial charge in [-0.25, -0.2) is 8.42 Å². The number of aromatic nitrogens is 2. The zero-order valence-corrected chi connectivity index (χ0v) is 13.3. The van der Waals surface area contributed by atoms with Gasteiger partial charge in [0.15, 0.2) is 0 Å². The summed E-state index contributed by atoms with van der Waals surface area (Å²) in [6, 6.07) is 4.90. The van der Waals surface area contributed by atoms with Gasteiger partial charge in [-0.3, -0.25) is 4.79 Å². The molecule has 3 rings (SSSR count). The van der Waals surface area contributed by atoms with Crippen LogP contribution in [-0.4, -0.2) is 45.6 Å². The normalized spacial score (nSPS) is 20.3. The molecule has 1 fully saturated rings. The molecule has 7 nitrogen and oxygen atoms in total. The molecule has 118 valence electrons. The van der Waals surface area contributed by atoms with Crippen molar-refractivity contribution in [3.05, 3.63) is 18.2 Å². The Morgan fingerprint density at radius 1 is 1.41 bits per heavy atom. The maximum atomic E-state index is 12.8. The number of carboxylic acids is 1. The first-order valence-electron chi connectivity index (χ1n) is 6.91. The average Bonchev–Trinajstić information content (AvgIpc) is 2.95. The van der Waals surface area contributed by atoms with Crippen LogP contribution in [0.4, 0.5) is 0 Å². The topological polar surface area (TPSA) is 100 Å². The number of nitrogens with zero attached hydrogens (tertiary/aromatic N) is 3. The third kappa shape index (κ3) is 2.83. The van der Waals surface area contributed by atoms with Crippen molar-refractivity contribution in [3.8, 4) is 0 Å². The van der Waals surface area contributed by atoms with Gasteiger partial charge in [-0.15, -0.1) is 0 Å². The summed E-state index contributed by atoms with van der Waals surface area (Å²) in [6.45, 7) is 0.648. The Morgan fingerprint density at radius 2 is 2.23 bits per heavy atom. The number of hydrogen-bond donors (Lipinski definition) is 1. The molecule has 2 aromatic rings. The number of benzene rings is 1. The van der Waals surface area contributed by atoms with Crippen LogP contribution in [-0.2, 0) is 14.8 Å². The molecule has 0 spiro atoms. The molecule has 9 heteroatoms. The summed E-state index contributed by atoms with van der Waals surface area (Å²) in [5.74, 6) is -1.04. The fourth-order valence-electron chi connectivity index (χ4n) is 2.79. The van der Waals surface area contributed by atoms with Crippen LogP contribution in [0.3, 0.4) is 0 Å². The van der Waals surface area contributed by atoms with E-state index < -0.39 is 16.0 Å². The van der Waals surface area contributed by atoms with E-state index in [4.69, 9.17) is 5.11 Å².